The van der Waals surface area contributed by atoms with Crippen molar-refractivity contribution in [3.05, 3.63) is 111 Å². The van der Waals surface area contributed by atoms with E-state index in [2.05, 4.69) is 20.8 Å². The fraction of sp³-hybridized carbons (Fsp3) is 0.265. The van der Waals surface area contributed by atoms with Gasteiger partial charge in [0.2, 0.25) is 11.7 Å². The second-order valence-electron chi connectivity index (χ2n) is 11.2. The molecule has 2 aromatic carbocycles. The van der Waals surface area contributed by atoms with Crippen molar-refractivity contribution in [1.29, 1.82) is 0 Å². The molecule has 0 saturated carbocycles. The van der Waals surface area contributed by atoms with Gasteiger partial charge in [0.05, 0.1) is 27.4 Å². The Balaban J connectivity index is 1.62. The zero-order valence-corrected chi connectivity index (χ0v) is 26.5. The molecule has 8 nitrogen and oxygen atoms in total. The lowest BCUT2D eigenvalue weighted by Crippen LogP contribution is -2.23. The lowest BCUT2D eigenvalue weighted by atomic mass is 9.90. The smallest absolute Gasteiger partial charge is 0.261 e. The SMILES string of the molecule is CNC(=O)c1c(CC(C)C)nc(CCc2ccc(F)cc2)c(-c2noc(C)n2)c1-c1ccc(C(=O)NCc2ccc(F)c(F)c2)s1. The molecule has 2 amide bonds. The maximum Gasteiger partial charge on any atom is 0.261 e. The van der Waals surface area contributed by atoms with E-state index in [1.165, 1.54) is 25.2 Å². The van der Waals surface area contributed by atoms with Crippen LogP contribution in [0.5, 0.6) is 0 Å². The van der Waals surface area contributed by atoms with Gasteiger partial charge in [0, 0.05) is 31.0 Å². The van der Waals surface area contributed by atoms with E-state index in [1.807, 2.05) is 13.8 Å². The van der Waals surface area contributed by atoms with E-state index in [0.717, 1.165) is 29.0 Å². The standard InChI is InChI=1S/C34H32F3N5O3S/c1-18(2)15-26-30(34(44)38-4)31(27-13-14-28(46-27)33(43)39-17-21-7-11-23(36)24(37)16-21)29(32-40-19(3)45-42-32)25(41-26)12-8-20-5-9-22(35)10-6-20/h5-7,9-11,13-14,16,18H,8,12,15,17H2,1-4H3,(H,38,44)(H,39,43). The number of thiophene rings is 1. The average Bonchev–Trinajstić information content (AvgIpc) is 3.69. The number of aryl methyl sites for hydroxylation is 3. The van der Waals surface area contributed by atoms with Crippen LogP contribution in [-0.4, -0.2) is 34.0 Å². The number of rotatable bonds is 11. The number of benzene rings is 2. The van der Waals surface area contributed by atoms with Crippen LogP contribution >= 0.6 is 11.3 Å². The Morgan fingerprint density at radius 1 is 0.870 bits per heavy atom. The summed E-state index contributed by atoms with van der Waals surface area (Å²) in [5, 5.41) is 9.67. The number of carbonyl (C=O) groups is 2. The Morgan fingerprint density at radius 2 is 1.61 bits per heavy atom. The van der Waals surface area contributed by atoms with Crippen LogP contribution in [0.4, 0.5) is 13.2 Å². The summed E-state index contributed by atoms with van der Waals surface area (Å²) in [5.41, 5.74) is 3.87. The van der Waals surface area contributed by atoms with Crippen LogP contribution in [0.15, 0.2) is 59.1 Å². The van der Waals surface area contributed by atoms with Gasteiger partial charge in [0.25, 0.3) is 11.8 Å². The summed E-state index contributed by atoms with van der Waals surface area (Å²) in [7, 11) is 1.54. The minimum atomic E-state index is -0.999. The first-order valence-corrected chi connectivity index (χ1v) is 15.5. The third-order valence-electron chi connectivity index (χ3n) is 7.23. The molecule has 0 aliphatic carbocycles. The number of halogens is 3. The Labute approximate surface area is 268 Å². The van der Waals surface area contributed by atoms with Crippen LogP contribution in [0.3, 0.4) is 0 Å². The lowest BCUT2D eigenvalue weighted by molar-refractivity contribution is 0.0949. The monoisotopic (exact) mass is 647 g/mol. The van der Waals surface area contributed by atoms with E-state index in [0.29, 0.717) is 68.5 Å². The van der Waals surface area contributed by atoms with Gasteiger partial charge in [-0.3, -0.25) is 14.6 Å². The van der Waals surface area contributed by atoms with Crippen molar-refractivity contribution in [3.63, 3.8) is 0 Å². The van der Waals surface area contributed by atoms with Gasteiger partial charge < -0.3 is 15.2 Å². The van der Waals surface area contributed by atoms with E-state index >= 15 is 0 Å². The van der Waals surface area contributed by atoms with Crippen molar-refractivity contribution in [2.24, 2.45) is 5.92 Å². The highest BCUT2D eigenvalue weighted by Gasteiger charge is 2.29. The van der Waals surface area contributed by atoms with E-state index < -0.39 is 17.5 Å². The van der Waals surface area contributed by atoms with Gasteiger partial charge in [-0.05, 0) is 72.7 Å². The molecule has 3 aromatic heterocycles. The number of amides is 2. The summed E-state index contributed by atoms with van der Waals surface area (Å²) in [5.74, 6) is -2.36. The van der Waals surface area contributed by atoms with E-state index in [-0.39, 0.29) is 30.0 Å². The maximum absolute atomic E-state index is 13.7. The minimum Gasteiger partial charge on any atom is -0.355 e. The average molecular weight is 648 g/mol. The molecule has 3 heterocycles. The summed E-state index contributed by atoms with van der Waals surface area (Å²) in [4.78, 5) is 37.2. The van der Waals surface area contributed by atoms with Gasteiger partial charge >= 0.3 is 0 Å². The highest BCUT2D eigenvalue weighted by atomic mass is 32.1. The molecule has 12 heteroatoms. The second-order valence-corrected chi connectivity index (χ2v) is 12.2. The van der Waals surface area contributed by atoms with Gasteiger partial charge in [0.1, 0.15) is 5.82 Å². The zero-order valence-electron chi connectivity index (χ0n) is 25.7. The van der Waals surface area contributed by atoms with E-state index in [4.69, 9.17) is 9.51 Å². The maximum atomic E-state index is 13.7. The normalized spacial score (nSPS) is 11.2. The fourth-order valence-corrected chi connectivity index (χ4v) is 6.07. The fourth-order valence-electron chi connectivity index (χ4n) is 5.09. The Morgan fingerprint density at radius 3 is 2.26 bits per heavy atom. The summed E-state index contributed by atoms with van der Waals surface area (Å²) < 4.78 is 46.0. The molecule has 2 N–H and O–H groups in total. The van der Waals surface area contributed by atoms with Crippen LogP contribution in [0.1, 0.15) is 62.3 Å². The largest absolute Gasteiger partial charge is 0.355 e. The van der Waals surface area contributed by atoms with Gasteiger partial charge in [0.15, 0.2) is 11.6 Å². The second kappa shape index (κ2) is 14.1. The third-order valence-corrected chi connectivity index (χ3v) is 8.33. The summed E-state index contributed by atoms with van der Waals surface area (Å²) in [6, 6.07) is 13.1. The van der Waals surface area contributed by atoms with E-state index in [9.17, 15) is 22.8 Å². The number of nitrogens with one attached hydrogen (secondary N) is 2. The molecule has 0 radical (unpaired) electrons. The molecule has 5 rings (SSSR count). The lowest BCUT2D eigenvalue weighted by Gasteiger charge is -2.20. The summed E-state index contributed by atoms with van der Waals surface area (Å²) >= 11 is 1.16. The summed E-state index contributed by atoms with van der Waals surface area (Å²) in [6.07, 6.45) is 1.45. The first-order valence-electron chi connectivity index (χ1n) is 14.7. The van der Waals surface area contributed by atoms with Gasteiger partial charge in [-0.1, -0.05) is 37.2 Å². The van der Waals surface area contributed by atoms with Crippen molar-refractivity contribution < 1.29 is 27.3 Å². The highest BCUT2D eigenvalue weighted by molar-refractivity contribution is 7.17. The predicted octanol–water partition coefficient (Wildman–Crippen LogP) is 6.86. The van der Waals surface area contributed by atoms with Gasteiger partial charge in [-0.2, -0.15) is 4.98 Å². The molecule has 0 bridgehead atoms. The number of nitrogens with zero attached hydrogens (tertiary/aromatic N) is 3. The van der Waals surface area contributed by atoms with E-state index in [1.54, 1.807) is 31.2 Å². The minimum absolute atomic E-state index is 0.0124. The predicted molar refractivity (Wildman–Crippen MR) is 169 cm³/mol. The number of hydrogen-bond acceptors (Lipinski definition) is 7. The molecule has 0 fully saturated rings. The van der Waals surface area contributed by atoms with Crippen LogP contribution in [0.25, 0.3) is 21.8 Å². The molecule has 5 aromatic rings. The molecule has 238 valence electrons. The molecule has 0 spiro atoms. The van der Waals surface area contributed by atoms with Crippen molar-refractivity contribution >= 4 is 23.2 Å². The number of carbonyl (C=O) groups excluding carboxylic acids is 2. The highest BCUT2D eigenvalue weighted by Crippen LogP contribution is 2.41. The molecule has 0 unspecified atom stereocenters. The number of pyridine rings is 1. The zero-order chi connectivity index (χ0) is 33.0. The Bertz CT molecular complexity index is 1890. The molecule has 46 heavy (non-hydrogen) atoms. The van der Waals surface area contributed by atoms with Crippen molar-refractivity contribution in [2.75, 3.05) is 7.05 Å². The van der Waals surface area contributed by atoms with Gasteiger partial charge in [-0.25, -0.2) is 13.2 Å². The molecule has 0 aliphatic heterocycles. The summed E-state index contributed by atoms with van der Waals surface area (Å²) in [6.45, 7) is 5.71. The van der Waals surface area contributed by atoms with Crippen LogP contribution in [-0.2, 0) is 25.8 Å². The Kier molecular flexibility index (Phi) is 9.96. The topological polar surface area (TPSA) is 110 Å². The molecule has 0 atom stereocenters. The number of hydrogen-bond donors (Lipinski definition) is 2. The molecular weight excluding hydrogens is 615 g/mol. The third kappa shape index (κ3) is 7.34. The first kappa shape index (κ1) is 32.6. The Hall–Kier alpha value is -4.84. The van der Waals surface area contributed by atoms with Crippen molar-refractivity contribution in [1.82, 2.24) is 25.8 Å². The van der Waals surface area contributed by atoms with Crippen LogP contribution < -0.4 is 10.6 Å². The van der Waals surface area contributed by atoms with Crippen LogP contribution in [0.2, 0.25) is 0 Å². The van der Waals surface area contributed by atoms with Crippen molar-refractivity contribution in [3.8, 4) is 21.8 Å². The van der Waals surface area contributed by atoms with Crippen LogP contribution in [0, 0.1) is 30.3 Å². The first-order chi connectivity index (χ1) is 22.0. The number of aromatic nitrogens is 3. The molecule has 0 saturated heterocycles. The van der Waals surface area contributed by atoms with Gasteiger partial charge in [-0.15, -0.1) is 11.3 Å². The quantitative estimate of drug-likeness (QED) is 0.162. The molecule has 0 aliphatic rings. The van der Waals surface area contributed by atoms with Crippen molar-refractivity contribution in [2.45, 2.75) is 46.6 Å². The molecular formula is C34H32F3N5O3S.